The van der Waals surface area contributed by atoms with E-state index in [-0.39, 0.29) is 11.4 Å². The summed E-state index contributed by atoms with van der Waals surface area (Å²) in [5.41, 5.74) is -0.263. The van der Waals surface area contributed by atoms with Crippen molar-refractivity contribution < 1.29 is 14.7 Å². The summed E-state index contributed by atoms with van der Waals surface area (Å²) in [6.07, 6.45) is 1.19. The Morgan fingerprint density at radius 1 is 1.50 bits per heavy atom. The van der Waals surface area contributed by atoms with E-state index in [2.05, 4.69) is 25.9 Å². The zero-order valence-corrected chi connectivity index (χ0v) is 10.1. The molecule has 0 bridgehead atoms. The van der Waals surface area contributed by atoms with E-state index in [1.807, 2.05) is 0 Å². The van der Waals surface area contributed by atoms with Gasteiger partial charge in [0.25, 0.3) is 0 Å². The second-order valence-corrected chi connectivity index (χ2v) is 4.63. The Morgan fingerprint density at radius 3 is 2.81 bits per heavy atom. The Hall–Kier alpha value is -1.47. The van der Waals surface area contributed by atoms with Crippen LogP contribution in [0.25, 0.3) is 0 Å². The van der Waals surface area contributed by atoms with Crippen molar-refractivity contribution in [2.75, 3.05) is 0 Å². The molecule has 16 heavy (non-hydrogen) atoms. The van der Waals surface area contributed by atoms with Crippen LogP contribution in [0.3, 0.4) is 0 Å². The summed E-state index contributed by atoms with van der Waals surface area (Å²) in [4.78, 5) is 29.4. The monoisotopic (exact) mass is 300 g/mol. The molecule has 82 valence electrons. The van der Waals surface area contributed by atoms with E-state index in [1.165, 1.54) is 17.7 Å². The first-order chi connectivity index (χ1) is 7.61. The zero-order valence-electron chi connectivity index (χ0n) is 7.73. The number of hydrogen-bond donors (Lipinski definition) is 2. The van der Waals surface area contributed by atoms with Crippen molar-refractivity contribution in [3.05, 3.63) is 38.5 Å². The molecule has 0 unspecified atom stereocenters. The molecule has 0 radical (unpaired) electrons. The highest BCUT2D eigenvalue weighted by atomic mass is 79.9. The van der Waals surface area contributed by atoms with Gasteiger partial charge in [0.2, 0.25) is 5.78 Å². The smallest absolute Gasteiger partial charge is 0.354 e. The maximum atomic E-state index is 11.9. The minimum Gasteiger partial charge on any atom is -0.477 e. The Balaban J connectivity index is 2.46. The number of H-pyrrole nitrogens is 1. The number of nitrogens with one attached hydrogen (secondary N) is 1. The third-order valence-corrected chi connectivity index (χ3v) is 3.73. The molecular formula is C9H5BrN2O3S. The van der Waals surface area contributed by atoms with Crippen LogP contribution < -0.4 is 0 Å². The van der Waals surface area contributed by atoms with Crippen molar-refractivity contribution in [2.45, 2.75) is 0 Å². The lowest BCUT2D eigenvalue weighted by atomic mass is 10.2. The van der Waals surface area contributed by atoms with Gasteiger partial charge in [0.1, 0.15) is 5.69 Å². The lowest BCUT2D eigenvalue weighted by molar-refractivity contribution is 0.0687. The third kappa shape index (κ3) is 1.79. The number of nitrogens with zero attached hydrogens (tertiary/aromatic N) is 1. The van der Waals surface area contributed by atoms with Gasteiger partial charge in [-0.2, -0.15) is 0 Å². The van der Waals surface area contributed by atoms with Crippen molar-refractivity contribution in [3.8, 4) is 0 Å². The summed E-state index contributed by atoms with van der Waals surface area (Å²) >= 11 is 4.45. The molecule has 2 rings (SSSR count). The molecule has 0 saturated carbocycles. The molecule has 2 aromatic rings. The van der Waals surface area contributed by atoms with Crippen LogP contribution in [-0.4, -0.2) is 26.8 Å². The summed E-state index contributed by atoms with van der Waals surface area (Å²) in [7, 11) is 0. The van der Waals surface area contributed by atoms with E-state index in [9.17, 15) is 9.59 Å². The fourth-order valence-corrected chi connectivity index (χ4v) is 2.68. The molecule has 0 atom stereocenters. The number of imidazole rings is 1. The van der Waals surface area contributed by atoms with Gasteiger partial charge in [-0.05, 0) is 27.4 Å². The minimum atomic E-state index is -1.20. The zero-order chi connectivity index (χ0) is 11.7. The number of thiophene rings is 1. The van der Waals surface area contributed by atoms with Gasteiger partial charge in [-0.1, -0.05) is 0 Å². The van der Waals surface area contributed by atoms with Crippen molar-refractivity contribution in [1.29, 1.82) is 0 Å². The normalized spacial score (nSPS) is 10.3. The maximum absolute atomic E-state index is 11.9. The molecule has 0 aliphatic rings. The highest BCUT2D eigenvalue weighted by Crippen LogP contribution is 2.25. The molecule has 0 aliphatic heterocycles. The SMILES string of the molecule is O=C(O)c1[nH]cnc1C(=O)c1sccc1Br. The second kappa shape index (κ2) is 4.18. The molecule has 0 saturated heterocycles. The number of rotatable bonds is 3. The molecule has 5 nitrogen and oxygen atoms in total. The molecule has 7 heteroatoms. The predicted molar refractivity (Wildman–Crippen MR) is 61.0 cm³/mol. The van der Waals surface area contributed by atoms with Gasteiger partial charge in [-0.3, -0.25) is 4.79 Å². The minimum absolute atomic E-state index is 0.0735. The number of halogens is 1. The molecule has 0 fully saturated rings. The average Bonchev–Trinajstić information content (AvgIpc) is 2.84. The summed E-state index contributed by atoms with van der Waals surface area (Å²) in [6, 6.07) is 1.73. The highest BCUT2D eigenvalue weighted by Gasteiger charge is 2.23. The van der Waals surface area contributed by atoms with Crippen LogP contribution >= 0.6 is 27.3 Å². The number of aromatic nitrogens is 2. The summed E-state index contributed by atoms with van der Waals surface area (Å²) in [6.45, 7) is 0. The van der Waals surface area contributed by atoms with Crippen LogP contribution in [0, 0.1) is 0 Å². The first kappa shape index (κ1) is 11.0. The van der Waals surface area contributed by atoms with Crippen LogP contribution in [0.1, 0.15) is 25.9 Å². The first-order valence-electron chi connectivity index (χ1n) is 4.15. The standard InChI is InChI=1S/C9H5BrN2O3S/c10-4-1-2-16-8(4)7(13)5-6(9(14)15)12-3-11-5/h1-3H,(H,11,12)(H,14,15). The van der Waals surface area contributed by atoms with Crippen LogP contribution in [0.5, 0.6) is 0 Å². The first-order valence-corrected chi connectivity index (χ1v) is 5.83. The Bertz CT molecular complexity index is 561. The quantitative estimate of drug-likeness (QED) is 0.851. The van der Waals surface area contributed by atoms with Gasteiger partial charge >= 0.3 is 5.97 Å². The number of hydrogen-bond acceptors (Lipinski definition) is 4. The van der Waals surface area contributed by atoms with Gasteiger partial charge in [0.15, 0.2) is 5.69 Å². The number of aromatic amines is 1. The molecule has 2 heterocycles. The summed E-state index contributed by atoms with van der Waals surface area (Å²) in [5.74, 6) is -1.60. The molecule has 0 aromatic carbocycles. The van der Waals surface area contributed by atoms with E-state index in [0.717, 1.165) is 0 Å². The van der Waals surface area contributed by atoms with Crippen LogP contribution in [0.15, 0.2) is 22.2 Å². The molecule has 0 aliphatic carbocycles. The van der Waals surface area contributed by atoms with E-state index in [4.69, 9.17) is 5.11 Å². The Kier molecular flexibility index (Phi) is 2.88. The number of carboxylic acid groups (broad SMARTS) is 1. The third-order valence-electron chi connectivity index (χ3n) is 1.89. The van der Waals surface area contributed by atoms with Crippen molar-refractivity contribution in [3.63, 3.8) is 0 Å². The number of aromatic carboxylic acids is 1. The predicted octanol–water partition coefficient (Wildman–Crippen LogP) is 2.16. The van der Waals surface area contributed by atoms with Gasteiger partial charge < -0.3 is 10.1 Å². The molecule has 0 amide bonds. The number of carbonyl (C=O) groups is 2. The molecule has 2 N–H and O–H groups in total. The lowest BCUT2D eigenvalue weighted by Crippen LogP contribution is -2.08. The number of carbonyl (C=O) groups excluding carboxylic acids is 1. The van der Waals surface area contributed by atoms with Crippen molar-refractivity contribution in [2.24, 2.45) is 0 Å². The summed E-state index contributed by atoms with van der Waals surface area (Å²) in [5, 5.41) is 10.6. The van der Waals surface area contributed by atoms with E-state index in [1.54, 1.807) is 11.4 Å². The largest absolute Gasteiger partial charge is 0.477 e. The van der Waals surface area contributed by atoms with Crippen LogP contribution in [-0.2, 0) is 0 Å². The Labute approximate surface area is 102 Å². The van der Waals surface area contributed by atoms with Gasteiger partial charge in [0, 0.05) is 4.47 Å². The van der Waals surface area contributed by atoms with Gasteiger partial charge in [-0.25, -0.2) is 9.78 Å². The topological polar surface area (TPSA) is 83.0 Å². The molecular weight excluding hydrogens is 296 g/mol. The average molecular weight is 301 g/mol. The van der Waals surface area contributed by atoms with E-state index >= 15 is 0 Å². The second-order valence-electron chi connectivity index (χ2n) is 2.86. The Morgan fingerprint density at radius 2 is 2.25 bits per heavy atom. The van der Waals surface area contributed by atoms with Gasteiger partial charge in [-0.15, -0.1) is 11.3 Å². The number of ketones is 1. The van der Waals surface area contributed by atoms with Crippen LogP contribution in [0.2, 0.25) is 0 Å². The highest BCUT2D eigenvalue weighted by molar-refractivity contribution is 9.10. The fraction of sp³-hybridized carbons (Fsp3) is 0. The maximum Gasteiger partial charge on any atom is 0.354 e. The lowest BCUT2D eigenvalue weighted by Gasteiger charge is -1.96. The van der Waals surface area contributed by atoms with Gasteiger partial charge in [0.05, 0.1) is 11.2 Å². The van der Waals surface area contributed by atoms with E-state index in [0.29, 0.717) is 9.35 Å². The van der Waals surface area contributed by atoms with E-state index < -0.39 is 11.8 Å². The fourth-order valence-electron chi connectivity index (χ4n) is 1.19. The molecule has 0 spiro atoms. The van der Waals surface area contributed by atoms with Crippen molar-refractivity contribution >= 4 is 39.0 Å². The van der Waals surface area contributed by atoms with Crippen molar-refractivity contribution in [1.82, 2.24) is 9.97 Å². The number of carboxylic acids is 1. The van der Waals surface area contributed by atoms with Crippen LogP contribution in [0.4, 0.5) is 0 Å². The summed E-state index contributed by atoms with van der Waals surface area (Å²) < 4.78 is 0.641. The molecule has 2 aromatic heterocycles.